The number of nitrogens with zero attached hydrogens (tertiary/aromatic N) is 3. The van der Waals surface area contributed by atoms with Crippen molar-refractivity contribution in [3.05, 3.63) is 92.7 Å². The number of benzene rings is 3. The van der Waals surface area contributed by atoms with Crippen molar-refractivity contribution in [1.29, 1.82) is 0 Å². The fourth-order valence-corrected chi connectivity index (χ4v) is 4.12. The van der Waals surface area contributed by atoms with Crippen molar-refractivity contribution in [3.8, 4) is 17.1 Å². The summed E-state index contributed by atoms with van der Waals surface area (Å²) < 4.78 is 3.70. The van der Waals surface area contributed by atoms with E-state index in [0.29, 0.717) is 31.9 Å². The highest BCUT2D eigenvalue weighted by Crippen LogP contribution is 2.31. The number of halogens is 2. The van der Waals surface area contributed by atoms with Crippen molar-refractivity contribution < 1.29 is 4.79 Å². The summed E-state index contributed by atoms with van der Waals surface area (Å²) in [4.78, 5) is 12.7. The van der Waals surface area contributed by atoms with E-state index in [-0.39, 0.29) is 12.5 Å². The third-order valence-corrected chi connectivity index (χ3v) is 5.84. The fourth-order valence-electron chi connectivity index (χ4n) is 3.33. The van der Waals surface area contributed by atoms with Crippen molar-refractivity contribution in [2.75, 3.05) is 5.32 Å². The second-order valence-electron chi connectivity index (χ2n) is 7.48. The zero-order chi connectivity index (χ0) is 22.8. The fraction of sp³-hybridized carbons (Fsp3) is 0.125. The van der Waals surface area contributed by atoms with E-state index in [1.165, 1.54) is 4.68 Å². The lowest BCUT2D eigenvalue weighted by Gasteiger charge is -2.09. The van der Waals surface area contributed by atoms with Crippen molar-refractivity contribution >= 4 is 47.0 Å². The normalized spacial score (nSPS) is 10.9. The first kappa shape index (κ1) is 22.3. The van der Waals surface area contributed by atoms with Crippen LogP contribution in [-0.4, -0.2) is 20.3 Å². The predicted molar refractivity (Wildman–Crippen MR) is 132 cm³/mol. The van der Waals surface area contributed by atoms with Crippen LogP contribution in [0.5, 0.6) is 0 Å². The Labute approximate surface area is 201 Å². The highest BCUT2D eigenvalue weighted by atomic mass is 35.5. The molecular formula is C24H20Cl2N4OS. The Morgan fingerprint density at radius 3 is 2.44 bits per heavy atom. The van der Waals surface area contributed by atoms with Crippen LogP contribution in [0.2, 0.25) is 10.0 Å². The molecule has 8 heteroatoms. The van der Waals surface area contributed by atoms with Gasteiger partial charge in [0.1, 0.15) is 6.54 Å². The summed E-state index contributed by atoms with van der Waals surface area (Å²) in [5.41, 5.74) is 4.41. The molecule has 0 atom stereocenters. The second-order valence-corrected chi connectivity index (χ2v) is 8.69. The zero-order valence-electron chi connectivity index (χ0n) is 17.5. The molecule has 0 aliphatic rings. The van der Waals surface area contributed by atoms with Crippen LogP contribution >= 0.6 is 35.4 Å². The first-order chi connectivity index (χ1) is 15.3. The van der Waals surface area contributed by atoms with E-state index >= 15 is 0 Å². The Morgan fingerprint density at radius 2 is 1.75 bits per heavy atom. The van der Waals surface area contributed by atoms with Gasteiger partial charge in [-0.15, -0.1) is 0 Å². The summed E-state index contributed by atoms with van der Waals surface area (Å²) >= 11 is 18.3. The van der Waals surface area contributed by atoms with Crippen molar-refractivity contribution in [2.45, 2.75) is 20.4 Å². The molecule has 0 fully saturated rings. The first-order valence-corrected chi connectivity index (χ1v) is 11.1. The summed E-state index contributed by atoms with van der Waals surface area (Å²) in [6.07, 6.45) is 0. The average molecular weight is 483 g/mol. The summed E-state index contributed by atoms with van der Waals surface area (Å²) in [5, 5.41) is 8.51. The molecular weight excluding hydrogens is 463 g/mol. The molecule has 0 radical (unpaired) electrons. The molecule has 1 amide bonds. The maximum absolute atomic E-state index is 12.7. The van der Waals surface area contributed by atoms with Crippen LogP contribution in [0.3, 0.4) is 0 Å². The lowest BCUT2D eigenvalue weighted by Crippen LogP contribution is -2.19. The van der Waals surface area contributed by atoms with Gasteiger partial charge >= 0.3 is 0 Å². The van der Waals surface area contributed by atoms with Gasteiger partial charge in [0.2, 0.25) is 10.7 Å². The van der Waals surface area contributed by atoms with Crippen LogP contribution in [-0.2, 0) is 11.3 Å². The molecule has 1 N–H and O–H groups in total. The molecule has 5 nitrogen and oxygen atoms in total. The highest BCUT2D eigenvalue weighted by molar-refractivity contribution is 7.71. The van der Waals surface area contributed by atoms with E-state index < -0.39 is 0 Å². The second kappa shape index (κ2) is 9.28. The zero-order valence-corrected chi connectivity index (χ0v) is 19.8. The number of aryl methyl sites for hydroxylation is 2. The third kappa shape index (κ3) is 4.78. The average Bonchev–Trinajstić information content (AvgIpc) is 3.05. The van der Waals surface area contributed by atoms with Gasteiger partial charge in [-0.2, -0.15) is 5.10 Å². The quantitative estimate of drug-likeness (QED) is 0.324. The van der Waals surface area contributed by atoms with Crippen LogP contribution in [0.15, 0.2) is 66.7 Å². The molecule has 0 saturated heterocycles. The monoisotopic (exact) mass is 482 g/mol. The van der Waals surface area contributed by atoms with Crippen LogP contribution < -0.4 is 5.32 Å². The number of amides is 1. The van der Waals surface area contributed by atoms with Crippen LogP contribution in [0.25, 0.3) is 17.1 Å². The van der Waals surface area contributed by atoms with Gasteiger partial charge in [-0.05, 0) is 74.1 Å². The SMILES string of the molecule is Cc1ccc(NC(=O)Cn2nc(-c3ccc(Cl)cc3Cl)n(-c3cccc(C)c3)c2=S)cc1. The Balaban J connectivity index is 1.76. The molecule has 4 aromatic rings. The van der Waals surface area contributed by atoms with Gasteiger partial charge in [0, 0.05) is 16.3 Å². The van der Waals surface area contributed by atoms with Crippen molar-refractivity contribution in [2.24, 2.45) is 0 Å². The molecule has 1 heterocycles. The van der Waals surface area contributed by atoms with Gasteiger partial charge in [-0.1, -0.05) is 53.0 Å². The molecule has 32 heavy (non-hydrogen) atoms. The molecule has 162 valence electrons. The van der Waals surface area contributed by atoms with E-state index in [2.05, 4.69) is 10.4 Å². The maximum atomic E-state index is 12.7. The van der Waals surface area contributed by atoms with Gasteiger partial charge in [0.05, 0.1) is 10.7 Å². The Hall–Kier alpha value is -2.93. The summed E-state index contributed by atoms with van der Waals surface area (Å²) in [6, 6.07) is 20.7. The molecule has 0 bridgehead atoms. The van der Waals surface area contributed by atoms with Gasteiger partial charge in [-0.25, -0.2) is 4.68 Å². The summed E-state index contributed by atoms with van der Waals surface area (Å²) in [6.45, 7) is 3.96. The van der Waals surface area contributed by atoms with Gasteiger partial charge in [0.15, 0.2) is 5.82 Å². The largest absolute Gasteiger partial charge is 0.324 e. The molecule has 1 aromatic heterocycles. The molecule has 4 rings (SSSR count). The summed E-state index contributed by atoms with van der Waals surface area (Å²) in [5.74, 6) is 0.304. The van der Waals surface area contributed by atoms with E-state index in [0.717, 1.165) is 16.8 Å². The minimum absolute atomic E-state index is 0.0380. The number of nitrogens with one attached hydrogen (secondary N) is 1. The number of carbonyl (C=O) groups is 1. The van der Waals surface area contributed by atoms with Crippen molar-refractivity contribution in [3.63, 3.8) is 0 Å². The van der Waals surface area contributed by atoms with Crippen LogP contribution in [0.4, 0.5) is 5.69 Å². The Bertz CT molecular complexity index is 1360. The van der Waals surface area contributed by atoms with E-state index in [9.17, 15) is 4.79 Å². The number of rotatable bonds is 5. The standard InChI is InChI=1S/C24H20Cl2N4OS/c1-15-6-9-18(10-7-15)27-22(31)14-29-24(32)30(19-5-3-4-16(2)12-19)23(28-29)20-11-8-17(25)13-21(20)26/h3-13H,14H2,1-2H3,(H,27,31). The molecule has 0 saturated carbocycles. The highest BCUT2D eigenvalue weighted by Gasteiger charge is 2.19. The number of anilines is 1. The molecule has 0 aliphatic heterocycles. The lowest BCUT2D eigenvalue weighted by atomic mass is 10.2. The van der Waals surface area contributed by atoms with Crippen molar-refractivity contribution in [1.82, 2.24) is 14.3 Å². The smallest absolute Gasteiger partial charge is 0.246 e. The minimum Gasteiger partial charge on any atom is -0.324 e. The first-order valence-electron chi connectivity index (χ1n) is 9.90. The molecule has 0 spiro atoms. The molecule has 0 unspecified atom stereocenters. The van der Waals surface area contributed by atoms with Gasteiger partial charge < -0.3 is 5.32 Å². The Kier molecular flexibility index (Phi) is 6.46. The van der Waals surface area contributed by atoms with Crippen LogP contribution in [0.1, 0.15) is 11.1 Å². The van der Waals surface area contributed by atoms with Crippen LogP contribution in [0, 0.1) is 18.6 Å². The van der Waals surface area contributed by atoms with Gasteiger partial charge in [0.25, 0.3) is 0 Å². The molecule has 3 aromatic carbocycles. The Morgan fingerprint density at radius 1 is 1.00 bits per heavy atom. The topological polar surface area (TPSA) is 51.9 Å². The lowest BCUT2D eigenvalue weighted by molar-refractivity contribution is -0.116. The number of hydrogen-bond acceptors (Lipinski definition) is 3. The third-order valence-electron chi connectivity index (χ3n) is 4.90. The maximum Gasteiger partial charge on any atom is 0.246 e. The summed E-state index contributed by atoms with van der Waals surface area (Å²) in [7, 11) is 0. The predicted octanol–water partition coefficient (Wildman–Crippen LogP) is 6.63. The minimum atomic E-state index is -0.229. The number of carbonyl (C=O) groups excluding carboxylic acids is 1. The van der Waals surface area contributed by atoms with E-state index in [4.69, 9.17) is 35.4 Å². The van der Waals surface area contributed by atoms with E-state index in [1.807, 2.05) is 66.9 Å². The molecule has 0 aliphatic carbocycles. The van der Waals surface area contributed by atoms with Gasteiger partial charge in [-0.3, -0.25) is 9.36 Å². The van der Waals surface area contributed by atoms with E-state index in [1.54, 1.807) is 18.2 Å². The number of aromatic nitrogens is 3. The number of hydrogen-bond donors (Lipinski definition) is 1.